The van der Waals surface area contributed by atoms with Crippen LogP contribution in [0.3, 0.4) is 0 Å². The van der Waals surface area contributed by atoms with Crippen LogP contribution in [0.2, 0.25) is 5.02 Å². The molecule has 0 spiro atoms. The Labute approximate surface area is 177 Å². The van der Waals surface area contributed by atoms with Gasteiger partial charge in [0.25, 0.3) is 15.9 Å². The van der Waals surface area contributed by atoms with E-state index in [-0.39, 0.29) is 21.2 Å². The van der Waals surface area contributed by atoms with Crippen molar-refractivity contribution in [3.63, 3.8) is 0 Å². The highest BCUT2D eigenvalue weighted by Gasteiger charge is 2.21. The molecule has 1 amide bonds. The summed E-state index contributed by atoms with van der Waals surface area (Å²) in [5.41, 5.74) is 2.08. The van der Waals surface area contributed by atoms with E-state index in [0.717, 1.165) is 29.3 Å². The van der Waals surface area contributed by atoms with Gasteiger partial charge in [-0.15, -0.1) is 0 Å². The summed E-state index contributed by atoms with van der Waals surface area (Å²) in [6, 6.07) is 11.8. The van der Waals surface area contributed by atoms with Gasteiger partial charge < -0.3 is 5.32 Å². The molecule has 2 N–H and O–H groups in total. The Morgan fingerprint density at radius 2 is 1.67 bits per heavy atom. The van der Waals surface area contributed by atoms with E-state index in [1.54, 1.807) is 19.1 Å². The molecule has 0 heterocycles. The van der Waals surface area contributed by atoms with E-state index in [2.05, 4.69) is 10.0 Å². The number of halogens is 3. The van der Waals surface area contributed by atoms with Gasteiger partial charge in [-0.2, -0.15) is 0 Å². The largest absolute Gasteiger partial charge is 0.322 e. The lowest BCUT2D eigenvalue weighted by Crippen LogP contribution is -2.17. The quantitative estimate of drug-likeness (QED) is 0.554. The molecule has 3 aromatic carbocycles. The topological polar surface area (TPSA) is 75.3 Å². The van der Waals surface area contributed by atoms with E-state index in [1.807, 2.05) is 13.0 Å². The van der Waals surface area contributed by atoms with Gasteiger partial charge in [0.15, 0.2) is 11.6 Å². The molecule has 0 radical (unpaired) electrons. The maximum Gasteiger partial charge on any atom is 0.263 e. The molecular weight excluding hydrogens is 434 g/mol. The second-order valence-corrected chi connectivity index (χ2v) is 8.71. The van der Waals surface area contributed by atoms with Crippen LogP contribution < -0.4 is 10.0 Å². The zero-order valence-corrected chi connectivity index (χ0v) is 17.5. The van der Waals surface area contributed by atoms with Gasteiger partial charge in [0.2, 0.25) is 0 Å². The van der Waals surface area contributed by atoms with E-state index >= 15 is 0 Å². The molecule has 0 saturated heterocycles. The van der Waals surface area contributed by atoms with Gasteiger partial charge in [-0.3, -0.25) is 9.52 Å². The van der Waals surface area contributed by atoms with Crippen LogP contribution in [0, 0.1) is 25.5 Å². The van der Waals surface area contributed by atoms with Crippen molar-refractivity contribution in [2.24, 2.45) is 0 Å². The van der Waals surface area contributed by atoms with E-state index < -0.39 is 27.6 Å². The van der Waals surface area contributed by atoms with Crippen molar-refractivity contribution in [3.05, 3.63) is 87.9 Å². The smallest absolute Gasteiger partial charge is 0.263 e. The van der Waals surface area contributed by atoms with Gasteiger partial charge >= 0.3 is 0 Å². The highest BCUT2D eigenvalue weighted by Crippen LogP contribution is 2.27. The molecule has 3 rings (SSSR count). The maximum atomic E-state index is 13.3. The standard InChI is InChI=1S/C21H17ClF2N2O3S/c1-12-3-8-19(13(2)9-12)26-30(28,29)20-10-14(4-6-16(20)22)21(27)25-15-5-7-17(23)18(24)11-15/h3-11,26H,1-2H3,(H,25,27). The summed E-state index contributed by atoms with van der Waals surface area (Å²) in [6.07, 6.45) is 0. The number of carbonyl (C=O) groups is 1. The lowest BCUT2D eigenvalue weighted by Gasteiger charge is -2.13. The fourth-order valence-electron chi connectivity index (χ4n) is 2.76. The third-order valence-electron chi connectivity index (χ3n) is 4.29. The molecule has 156 valence electrons. The Balaban J connectivity index is 1.89. The maximum absolute atomic E-state index is 13.3. The molecule has 0 aliphatic carbocycles. The summed E-state index contributed by atoms with van der Waals surface area (Å²) in [7, 11) is -4.09. The van der Waals surface area contributed by atoms with Crippen molar-refractivity contribution >= 4 is 38.9 Å². The van der Waals surface area contributed by atoms with E-state index in [0.29, 0.717) is 5.69 Å². The van der Waals surface area contributed by atoms with Crippen LogP contribution in [0.1, 0.15) is 21.5 Å². The minimum atomic E-state index is -4.09. The third kappa shape index (κ3) is 4.77. The van der Waals surface area contributed by atoms with Crippen LogP contribution >= 0.6 is 11.6 Å². The van der Waals surface area contributed by atoms with Gasteiger partial charge in [0, 0.05) is 17.3 Å². The lowest BCUT2D eigenvalue weighted by molar-refractivity contribution is 0.102. The highest BCUT2D eigenvalue weighted by molar-refractivity contribution is 7.92. The molecule has 0 aliphatic rings. The molecule has 0 aromatic heterocycles. The normalized spacial score (nSPS) is 11.2. The summed E-state index contributed by atoms with van der Waals surface area (Å²) in [5, 5.41) is 2.31. The number of rotatable bonds is 5. The number of amides is 1. The van der Waals surface area contributed by atoms with Crippen LogP contribution in [0.5, 0.6) is 0 Å². The number of nitrogens with one attached hydrogen (secondary N) is 2. The van der Waals surface area contributed by atoms with Gasteiger partial charge in [-0.05, 0) is 55.8 Å². The van der Waals surface area contributed by atoms with Crippen LogP contribution in [0.25, 0.3) is 0 Å². The van der Waals surface area contributed by atoms with Crippen molar-refractivity contribution in [1.82, 2.24) is 0 Å². The fraction of sp³-hybridized carbons (Fsp3) is 0.0952. The first-order valence-corrected chi connectivity index (χ1v) is 10.6. The summed E-state index contributed by atoms with van der Waals surface area (Å²) in [5.74, 6) is -2.88. The summed E-state index contributed by atoms with van der Waals surface area (Å²) < 4.78 is 54.6. The Bertz CT molecular complexity index is 1250. The minimum Gasteiger partial charge on any atom is -0.322 e. The van der Waals surface area contributed by atoms with Crippen molar-refractivity contribution in [3.8, 4) is 0 Å². The second-order valence-electron chi connectivity index (χ2n) is 6.65. The second kappa shape index (κ2) is 8.41. The first-order chi connectivity index (χ1) is 14.1. The van der Waals surface area contributed by atoms with Crippen LogP contribution in [0.15, 0.2) is 59.5 Å². The van der Waals surface area contributed by atoms with Crippen molar-refractivity contribution in [2.45, 2.75) is 18.7 Å². The van der Waals surface area contributed by atoms with Gasteiger partial charge in [0.05, 0.1) is 10.7 Å². The SMILES string of the molecule is Cc1ccc(NS(=O)(=O)c2cc(C(=O)Nc3ccc(F)c(F)c3)ccc2Cl)c(C)c1. The number of carbonyl (C=O) groups excluding carboxylic acids is 1. The molecule has 30 heavy (non-hydrogen) atoms. The molecule has 0 fully saturated rings. The zero-order chi connectivity index (χ0) is 22.1. The fourth-order valence-corrected chi connectivity index (χ4v) is 4.41. The zero-order valence-electron chi connectivity index (χ0n) is 16.0. The van der Waals surface area contributed by atoms with Crippen LogP contribution in [0.4, 0.5) is 20.2 Å². The number of aryl methyl sites for hydroxylation is 2. The van der Waals surface area contributed by atoms with Crippen molar-refractivity contribution < 1.29 is 22.0 Å². The minimum absolute atomic E-state index is 0.0201. The molecule has 9 heteroatoms. The summed E-state index contributed by atoms with van der Waals surface area (Å²) in [4.78, 5) is 12.2. The number of hydrogen-bond acceptors (Lipinski definition) is 3. The van der Waals surface area contributed by atoms with Crippen LogP contribution in [-0.4, -0.2) is 14.3 Å². The van der Waals surface area contributed by atoms with E-state index in [4.69, 9.17) is 11.6 Å². The molecular formula is C21H17ClF2N2O3S. The molecule has 0 saturated carbocycles. The van der Waals surface area contributed by atoms with Gasteiger partial charge in [-0.25, -0.2) is 17.2 Å². The Hall–Kier alpha value is -2.97. The molecule has 0 aliphatic heterocycles. The van der Waals surface area contributed by atoms with Gasteiger partial charge in [0.1, 0.15) is 4.90 Å². The molecule has 0 bridgehead atoms. The number of sulfonamides is 1. The summed E-state index contributed by atoms with van der Waals surface area (Å²) in [6.45, 7) is 3.65. The Kier molecular flexibility index (Phi) is 6.09. The predicted molar refractivity (Wildman–Crippen MR) is 112 cm³/mol. The van der Waals surface area contributed by atoms with Crippen LogP contribution in [-0.2, 0) is 10.0 Å². The van der Waals surface area contributed by atoms with E-state index in [1.165, 1.54) is 18.2 Å². The Morgan fingerprint density at radius 3 is 2.33 bits per heavy atom. The molecule has 5 nitrogen and oxygen atoms in total. The predicted octanol–water partition coefficient (Wildman–Crippen LogP) is 5.29. The Morgan fingerprint density at radius 1 is 0.933 bits per heavy atom. The monoisotopic (exact) mass is 450 g/mol. The first-order valence-electron chi connectivity index (χ1n) is 8.73. The van der Waals surface area contributed by atoms with Crippen molar-refractivity contribution in [2.75, 3.05) is 10.0 Å². The average molecular weight is 451 g/mol. The lowest BCUT2D eigenvalue weighted by atomic mass is 10.1. The number of anilines is 2. The molecule has 0 unspecified atom stereocenters. The van der Waals surface area contributed by atoms with Gasteiger partial charge in [-0.1, -0.05) is 29.3 Å². The first kappa shape index (κ1) is 21.7. The van der Waals surface area contributed by atoms with E-state index in [9.17, 15) is 22.0 Å². The van der Waals surface area contributed by atoms with Crippen molar-refractivity contribution in [1.29, 1.82) is 0 Å². The molecule has 0 atom stereocenters. The number of hydrogen-bond donors (Lipinski definition) is 2. The average Bonchev–Trinajstić information content (AvgIpc) is 2.67. The molecule has 3 aromatic rings. The summed E-state index contributed by atoms with van der Waals surface area (Å²) >= 11 is 6.07. The highest BCUT2D eigenvalue weighted by atomic mass is 35.5. The third-order valence-corrected chi connectivity index (χ3v) is 6.13. The number of benzene rings is 3.